The minimum Gasteiger partial charge on any atom is -0.503 e. The number of aliphatic imine (C=N–C) groups is 1. The number of aliphatic hydroxyl groups is 2. The zero-order valence-electron chi connectivity index (χ0n) is 13.8. The second kappa shape index (κ2) is 8.39. The average molecular weight is 378 g/mol. The fourth-order valence-electron chi connectivity index (χ4n) is 1.93. The molecule has 2 aromatic rings. The van der Waals surface area contributed by atoms with Crippen molar-refractivity contribution in [2.45, 2.75) is 13.5 Å². The summed E-state index contributed by atoms with van der Waals surface area (Å²) in [5, 5.41) is 24.0. The highest BCUT2D eigenvalue weighted by Gasteiger charge is 2.16. The van der Waals surface area contributed by atoms with Crippen LogP contribution in [0.2, 0.25) is 0 Å². The first-order valence-corrected chi connectivity index (χ1v) is 8.30. The van der Waals surface area contributed by atoms with Gasteiger partial charge >= 0.3 is 0 Å². The molecule has 0 radical (unpaired) electrons. The fourth-order valence-corrected chi connectivity index (χ4v) is 2.61. The third kappa shape index (κ3) is 4.76. The highest BCUT2D eigenvalue weighted by molar-refractivity contribution is 7.12. The summed E-state index contributed by atoms with van der Waals surface area (Å²) < 4.78 is 26.0. The highest BCUT2D eigenvalue weighted by Crippen LogP contribution is 2.15. The molecule has 3 N–H and O–H groups in total. The molecule has 5 nitrogen and oxygen atoms in total. The van der Waals surface area contributed by atoms with Crippen molar-refractivity contribution in [1.29, 1.82) is 0 Å². The van der Waals surface area contributed by atoms with E-state index in [2.05, 4.69) is 16.9 Å². The lowest BCUT2D eigenvalue weighted by atomic mass is 10.2. The van der Waals surface area contributed by atoms with E-state index < -0.39 is 34.8 Å². The third-order valence-corrected chi connectivity index (χ3v) is 4.34. The van der Waals surface area contributed by atoms with Crippen LogP contribution in [-0.2, 0) is 11.3 Å². The number of thiophene rings is 1. The van der Waals surface area contributed by atoms with E-state index in [1.807, 2.05) is 11.4 Å². The Bertz CT molecular complexity index is 890. The van der Waals surface area contributed by atoms with Gasteiger partial charge in [0.05, 0.1) is 11.3 Å². The lowest BCUT2D eigenvalue weighted by Gasteiger charge is -2.08. The Morgan fingerprint density at radius 2 is 2.00 bits per heavy atom. The Morgan fingerprint density at radius 1 is 1.27 bits per heavy atom. The predicted molar refractivity (Wildman–Crippen MR) is 96.2 cm³/mol. The van der Waals surface area contributed by atoms with Crippen LogP contribution < -0.4 is 5.32 Å². The smallest absolute Gasteiger partial charge is 0.255 e. The number of hydrogen-bond donors (Lipinski definition) is 3. The van der Waals surface area contributed by atoms with E-state index in [1.165, 1.54) is 17.4 Å². The quantitative estimate of drug-likeness (QED) is 0.308. The van der Waals surface area contributed by atoms with Crippen LogP contribution in [0.4, 0.5) is 8.78 Å². The third-order valence-electron chi connectivity index (χ3n) is 3.36. The van der Waals surface area contributed by atoms with Gasteiger partial charge in [0, 0.05) is 11.4 Å². The monoisotopic (exact) mass is 378 g/mol. The molecule has 1 amide bonds. The van der Waals surface area contributed by atoms with Crippen molar-refractivity contribution < 1.29 is 23.8 Å². The maximum absolute atomic E-state index is 13.1. The van der Waals surface area contributed by atoms with Gasteiger partial charge in [-0.15, -0.1) is 11.3 Å². The van der Waals surface area contributed by atoms with Crippen LogP contribution in [0.15, 0.2) is 64.5 Å². The minimum atomic E-state index is -1.03. The normalized spacial score (nSPS) is 12.5. The van der Waals surface area contributed by atoms with Crippen LogP contribution in [0.1, 0.15) is 17.4 Å². The molecule has 0 atom stereocenters. The fraction of sp³-hybridized carbons (Fsp3) is 0.111. The van der Waals surface area contributed by atoms with E-state index in [0.717, 1.165) is 17.0 Å². The number of nitrogens with one attached hydrogen (secondary N) is 1. The Hall–Kier alpha value is -3.00. The first-order chi connectivity index (χ1) is 12.3. The topological polar surface area (TPSA) is 81.9 Å². The molecule has 0 saturated heterocycles. The number of hydrogen-bond acceptors (Lipinski definition) is 5. The number of nitrogens with zero attached hydrogens (tertiary/aromatic N) is 1. The summed E-state index contributed by atoms with van der Waals surface area (Å²) in [6.45, 7) is 4.94. The van der Waals surface area contributed by atoms with Gasteiger partial charge in [-0.2, -0.15) is 0 Å². The van der Waals surface area contributed by atoms with Gasteiger partial charge in [0.2, 0.25) is 0 Å². The Morgan fingerprint density at radius 3 is 2.62 bits per heavy atom. The Labute approximate surface area is 152 Å². The van der Waals surface area contributed by atoms with Gasteiger partial charge in [-0.1, -0.05) is 18.7 Å². The van der Waals surface area contributed by atoms with Crippen molar-refractivity contribution in [3.8, 4) is 0 Å². The second-order valence-corrected chi connectivity index (χ2v) is 6.20. The zero-order valence-corrected chi connectivity index (χ0v) is 14.6. The molecule has 0 unspecified atom stereocenters. The summed E-state index contributed by atoms with van der Waals surface area (Å²) in [4.78, 5) is 16.6. The summed E-state index contributed by atoms with van der Waals surface area (Å²) in [7, 11) is 0. The van der Waals surface area contributed by atoms with Gasteiger partial charge in [0.15, 0.2) is 17.4 Å². The molecule has 0 aliphatic carbocycles. The Balaban J connectivity index is 2.05. The van der Waals surface area contributed by atoms with Crippen LogP contribution in [0.5, 0.6) is 0 Å². The Kier molecular flexibility index (Phi) is 6.24. The lowest BCUT2D eigenvalue weighted by Crippen LogP contribution is -2.25. The number of carbonyl (C=O) groups is 1. The molecule has 1 heterocycles. The number of benzene rings is 1. The summed E-state index contributed by atoms with van der Waals surface area (Å²) in [5.41, 5.74) is 0.371. The van der Waals surface area contributed by atoms with Crippen LogP contribution >= 0.6 is 11.3 Å². The second-order valence-electron chi connectivity index (χ2n) is 5.26. The summed E-state index contributed by atoms with van der Waals surface area (Å²) in [6, 6.07) is 6.79. The summed E-state index contributed by atoms with van der Waals surface area (Å²) in [5.74, 6) is -4.33. The molecule has 0 fully saturated rings. The van der Waals surface area contributed by atoms with Gasteiger partial charge < -0.3 is 15.5 Å². The summed E-state index contributed by atoms with van der Waals surface area (Å²) >= 11 is 1.40. The molecular weight excluding hydrogens is 362 g/mol. The van der Waals surface area contributed by atoms with E-state index in [-0.39, 0.29) is 6.54 Å². The van der Waals surface area contributed by atoms with Crippen LogP contribution in [-0.4, -0.2) is 21.8 Å². The number of amides is 1. The van der Waals surface area contributed by atoms with Crippen molar-refractivity contribution in [2.75, 3.05) is 0 Å². The molecule has 1 aromatic heterocycles. The minimum absolute atomic E-state index is 0.111. The molecule has 8 heteroatoms. The van der Waals surface area contributed by atoms with E-state index >= 15 is 0 Å². The maximum Gasteiger partial charge on any atom is 0.255 e. The van der Waals surface area contributed by atoms with Crippen molar-refractivity contribution in [2.24, 2.45) is 4.99 Å². The van der Waals surface area contributed by atoms with Crippen molar-refractivity contribution in [3.05, 3.63) is 81.6 Å². The molecule has 136 valence electrons. The van der Waals surface area contributed by atoms with Crippen LogP contribution in [0.25, 0.3) is 0 Å². The largest absolute Gasteiger partial charge is 0.503 e. The molecule has 0 saturated carbocycles. The van der Waals surface area contributed by atoms with Crippen molar-refractivity contribution in [3.63, 3.8) is 0 Å². The first-order valence-electron chi connectivity index (χ1n) is 7.42. The molecule has 0 spiro atoms. The van der Waals surface area contributed by atoms with Crippen LogP contribution in [0, 0.1) is 11.6 Å². The molecular formula is C18H16F2N2O3S. The molecule has 1 aromatic carbocycles. The number of rotatable bonds is 6. The average Bonchev–Trinajstić information content (AvgIpc) is 3.15. The number of carbonyl (C=O) groups excluding carboxylic acids is 1. The van der Waals surface area contributed by atoms with E-state index in [9.17, 15) is 23.8 Å². The van der Waals surface area contributed by atoms with Gasteiger partial charge in [0.25, 0.3) is 11.8 Å². The molecule has 26 heavy (non-hydrogen) atoms. The number of halogens is 2. The van der Waals surface area contributed by atoms with E-state index in [4.69, 9.17) is 0 Å². The van der Waals surface area contributed by atoms with E-state index in [1.54, 1.807) is 13.0 Å². The summed E-state index contributed by atoms with van der Waals surface area (Å²) in [6.07, 6.45) is 0. The van der Waals surface area contributed by atoms with Crippen molar-refractivity contribution in [1.82, 2.24) is 5.32 Å². The standard InChI is InChI=1S/C18H16F2N2O3S/c1-10(16(23)18(25)22-11(2)15-4-3-7-26-15)17(24)21-9-12-5-6-13(19)14(20)8-12/h3-8,23,25H,1,9H2,2H3,(H,21,24)/b18-16-,22-11+. The molecule has 0 aliphatic heterocycles. The van der Waals surface area contributed by atoms with Gasteiger partial charge in [-0.25, -0.2) is 13.8 Å². The highest BCUT2D eigenvalue weighted by atomic mass is 32.1. The van der Waals surface area contributed by atoms with Gasteiger partial charge in [-0.05, 0) is 36.1 Å². The predicted octanol–water partition coefficient (Wildman–Crippen LogP) is 3.99. The van der Waals surface area contributed by atoms with Crippen molar-refractivity contribution >= 4 is 23.0 Å². The number of aliphatic hydroxyl groups excluding tert-OH is 2. The van der Waals surface area contributed by atoms with E-state index in [0.29, 0.717) is 11.3 Å². The SMILES string of the molecule is C=C(C(=O)NCc1ccc(F)c(F)c1)/C(O)=C(O)\N=C(/C)c1cccs1. The molecule has 2 rings (SSSR count). The van der Waals surface area contributed by atoms with Crippen LogP contribution in [0.3, 0.4) is 0 Å². The first kappa shape index (κ1) is 19.3. The molecule has 0 aliphatic rings. The zero-order chi connectivity index (χ0) is 19.3. The molecule has 0 bridgehead atoms. The van der Waals surface area contributed by atoms with Gasteiger partial charge in [0.1, 0.15) is 0 Å². The van der Waals surface area contributed by atoms with Gasteiger partial charge in [-0.3, -0.25) is 4.79 Å². The maximum atomic E-state index is 13.1. The lowest BCUT2D eigenvalue weighted by molar-refractivity contribution is -0.117.